The maximum absolute atomic E-state index is 12.4. The Kier molecular flexibility index (Phi) is 4.45. The maximum atomic E-state index is 12.4. The fraction of sp³-hybridized carbons (Fsp3) is 0.375. The van der Waals surface area contributed by atoms with Crippen molar-refractivity contribution in [3.05, 3.63) is 53.3 Å². The van der Waals surface area contributed by atoms with Crippen LogP contribution in [0.4, 0.5) is 0 Å². The van der Waals surface area contributed by atoms with Crippen LogP contribution in [0.25, 0.3) is 0 Å². The summed E-state index contributed by atoms with van der Waals surface area (Å²) in [5.41, 5.74) is 0.633. The normalized spacial score (nSPS) is 17.5. The summed E-state index contributed by atoms with van der Waals surface area (Å²) in [5, 5.41) is 15.0. The molecule has 1 atom stereocenters. The number of aromatic nitrogens is 2. The Bertz CT molecular complexity index is 636. The molecule has 0 bridgehead atoms. The van der Waals surface area contributed by atoms with E-state index in [1.54, 1.807) is 23.2 Å². The van der Waals surface area contributed by atoms with Crippen LogP contribution in [0.3, 0.4) is 0 Å². The summed E-state index contributed by atoms with van der Waals surface area (Å²) < 4.78 is 1.86. The lowest BCUT2D eigenvalue weighted by molar-refractivity contribution is -0.141. The molecule has 0 spiro atoms. The lowest BCUT2D eigenvalue weighted by Gasteiger charge is -2.33. The molecule has 2 aromatic rings. The molecule has 1 unspecified atom stereocenters. The predicted octanol–water partition coefficient (Wildman–Crippen LogP) is 2.43. The molecule has 116 valence electrons. The molecule has 1 fully saturated rings. The highest BCUT2D eigenvalue weighted by Gasteiger charge is 2.28. The van der Waals surface area contributed by atoms with Gasteiger partial charge in [0.05, 0.1) is 17.3 Å². The van der Waals surface area contributed by atoms with Crippen LogP contribution in [-0.2, 0) is 4.79 Å². The van der Waals surface area contributed by atoms with E-state index in [4.69, 9.17) is 11.6 Å². The van der Waals surface area contributed by atoms with E-state index in [2.05, 4.69) is 5.10 Å². The number of nitrogens with zero attached hydrogens (tertiary/aromatic N) is 3. The van der Waals surface area contributed by atoms with Crippen LogP contribution in [0.15, 0.2) is 42.7 Å². The van der Waals surface area contributed by atoms with Crippen molar-refractivity contribution in [2.75, 3.05) is 13.1 Å². The summed E-state index contributed by atoms with van der Waals surface area (Å²) in [7, 11) is 0. The summed E-state index contributed by atoms with van der Waals surface area (Å²) in [5.74, 6) is -0.233. The number of carbonyl (C=O) groups excluding carboxylic acids is 1. The highest BCUT2D eigenvalue weighted by atomic mass is 35.5. The molecule has 1 aromatic heterocycles. The number of hydrogen-bond donors (Lipinski definition) is 1. The first-order chi connectivity index (χ1) is 10.6. The number of hydrogen-bond acceptors (Lipinski definition) is 3. The minimum Gasteiger partial charge on any atom is -0.378 e. The third kappa shape index (κ3) is 3.15. The van der Waals surface area contributed by atoms with Crippen molar-refractivity contribution in [1.29, 1.82) is 0 Å². The van der Waals surface area contributed by atoms with Crippen molar-refractivity contribution >= 4 is 17.5 Å². The zero-order valence-corrected chi connectivity index (χ0v) is 12.9. The Morgan fingerprint density at radius 1 is 1.27 bits per heavy atom. The van der Waals surface area contributed by atoms with E-state index in [1.165, 1.54) is 0 Å². The summed E-state index contributed by atoms with van der Waals surface area (Å²) in [6.45, 7) is 1.23. The van der Waals surface area contributed by atoms with Crippen molar-refractivity contribution in [1.82, 2.24) is 14.7 Å². The Balaban J connectivity index is 1.60. The Labute approximate surface area is 134 Å². The third-order valence-electron chi connectivity index (χ3n) is 4.07. The Morgan fingerprint density at radius 2 is 1.95 bits per heavy atom. The molecule has 22 heavy (non-hydrogen) atoms. The molecule has 2 heterocycles. The average molecular weight is 320 g/mol. The number of likely N-dealkylation sites (tertiary alicyclic amines) is 1. The topological polar surface area (TPSA) is 58.4 Å². The smallest absolute Gasteiger partial charge is 0.256 e. The Hall–Kier alpha value is -1.85. The second-order valence-corrected chi connectivity index (χ2v) is 5.94. The number of carbonyl (C=O) groups is 1. The lowest BCUT2D eigenvalue weighted by Crippen LogP contribution is -2.41. The van der Waals surface area contributed by atoms with E-state index >= 15 is 0 Å². The van der Waals surface area contributed by atoms with E-state index in [9.17, 15) is 9.90 Å². The highest BCUT2D eigenvalue weighted by Crippen LogP contribution is 2.25. The van der Waals surface area contributed by atoms with Crippen molar-refractivity contribution < 1.29 is 9.90 Å². The fourth-order valence-corrected chi connectivity index (χ4v) is 2.96. The van der Waals surface area contributed by atoms with Gasteiger partial charge in [-0.05, 0) is 18.4 Å². The molecule has 0 aliphatic carbocycles. The minimum atomic E-state index is -1.09. The van der Waals surface area contributed by atoms with Crippen LogP contribution in [0, 0.1) is 0 Å². The molecule has 0 saturated carbocycles. The van der Waals surface area contributed by atoms with Crippen LogP contribution in [-0.4, -0.2) is 38.8 Å². The monoisotopic (exact) mass is 319 g/mol. The number of amides is 1. The van der Waals surface area contributed by atoms with Gasteiger partial charge in [0.15, 0.2) is 6.10 Å². The predicted molar refractivity (Wildman–Crippen MR) is 83.5 cm³/mol. The number of aliphatic hydroxyl groups is 1. The van der Waals surface area contributed by atoms with Gasteiger partial charge >= 0.3 is 0 Å². The van der Waals surface area contributed by atoms with Gasteiger partial charge in [0, 0.05) is 19.3 Å². The van der Waals surface area contributed by atoms with Gasteiger partial charge in [-0.1, -0.05) is 41.9 Å². The zero-order valence-electron chi connectivity index (χ0n) is 12.1. The zero-order chi connectivity index (χ0) is 15.5. The first-order valence-electron chi connectivity index (χ1n) is 7.36. The van der Waals surface area contributed by atoms with Crippen LogP contribution in [0.2, 0.25) is 5.02 Å². The molecule has 1 aliphatic heterocycles. The van der Waals surface area contributed by atoms with Gasteiger partial charge in [-0.2, -0.15) is 5.10 Å². The molecular formula is C16H18ClN3O2. The van der Waals surface area contributed by atoms with Gasteiger partial charge in [-0.25, -0.2) is 0 Å². The molecule has 1 aliphatic rings. The minimum absolute atomic E-state index is 0.233. The number of aliphatic hydroxyl groups excluding tert-OH is 1. The molecule has 1 saturated heterocycles. The van der Waals surface area contributed by atoms with Crippen LogP contribution in [0.5, 0.6) is 0 Å². The van der Waals surface area contributed by atoms with E-state index in [0.29, 0.717) is 23.7 Å². The largest absolute Gasteiger partial charge is 0.378 e. The van der Waals surface area contributed by atoms with Gasteiger partial charge in [0.1, 0.15) is 0 Å². The molecular weight excluding hydrogens is 302 g/mol. The second-order valence-electron chi connectivity index (χ2n) is 5.51. The molecule has 1 amide bonds. The number of halogens is 1. The molecule has 6 heteroatoms. The summed E-state index contributed by atoms with van der Waals surface area (Å²) >= 11 is 5.89. The van der Waals surface area contributed by atoms with Crippen LogP contribution >= 0.6 is 11.6 Å². The van der Waals surface area contributed by atoms with Gasteiger partial charge < -0.3 is 10.0 Å². The molecule has 1 N–H and O–H groups in total. The van der Waals surface area contributed by atoms with Crippen molar-refractivity contribution in [3.63, 3.8) is 0 Å². The van der Waals surface area contributed by atoms with Gasteiger partial charge in [0.25, 0.3) is 5.91 Å². The molecule has 3 rings (SSSR count). The van der Waals surface area contributed by atoms with Gasteiger partial charge in [-0.15, -0.1) is 0 Å². The summed E-state index contributed by atoms with van der Waals surface area (Å²) in [4.78, 5) is 14.1. The van der Waals surface area contributed by atoms with Crippen molar-refractivity contribution in [2.45, 2.75) is 25.0 Å². The number of piperidine rings is 1. The first-order valence-corrected chi connectivity index (χ1v) is 7.74. The first kappa shape index (κ1) is 15.1. The number of benzene rings is 1. The van der Waals surface area contributed by atoms with Crippen LogP contribution in [0.1, 0.15) is 30.6 Å². The van der Waals surface area contributed by atoms with Crippen molar-refractivity contribution in [3.8, 4) is 0 Å². The number of rotatable bonds is 3. The van der Waals surface area contributed by atoms with E-state index in [1.807, 2.05) is 29.1 Å². The highest BCUT2D eigenvalue weighted by molar-refractivity contribution is 6.30. The van der Waals surface area contributed by atoms with E-state index < -0.39 is 6.10 Å². The average Bonchev–Trinajstić information content (AvgIpc) is 3.01. The van der Waals surface area contributed by atoms with Crippen molar-refractivity contribution in [2.24, 2.45) is 0 Å². The Morgan fingerprint density at radius 3 is 2.55 bits per heavy atom. The van der Waals surface area contributed by atoms with E-state index in [-0.39, 0.29) is 11.9 Å². The standard InChI is InChI=1S/C16H18ClN3O2/c17-13-10-18-20(11-13)14-6-8-19(9-7-14)16(22)15(21)12-4-2-1-3-5-12/h1-5,10-11,14-15,21H,6-9H2. The molecule has 1 aromatic carbocycles. The lowest BCUT2D eigenvalue weighted by atomic mass is 10.0. The maximum Gasteiger partial charge on any atom is 0.256 e. The molecule has 5 nitrogen and oxygen atoms in total. The quantitative estimate of drug-likeness (QED) is 0.945. The van der Waals surface area contributed by atoms with Gasteiger partial charge in [0.2, 0.25) is 0 Å². The fourth-order valence-electron chi connectivity index (χ4n) is 2.82. The summed E-state index contributed by atoms with van der Waals surface area (Å²) in [6, 6.07) is 9.29. The van der Waals surface area contributed by atoms with Crippen LogP contribution < -0.4 is 0 Å². The third-order valence-corrected chi connectivity index (χ3v) is 4.26. The summed E-state index contributed by atoms with van der Waals surface area (Å²) in [6.07, 6.45) is 3.97. The van der Waals surface area contributed by atoms with Gasteiger partial charge in [-0.3, -0.25) is 9.48 Å². The van der Waals surface area contributed by atoms with E-state index in [0.717, 1.165) is 12.8 Å². The second kappa shape index (κ2) is 6.50. The molecule has 0 radical (unpaired) electrons. The SMILES string of the molecule is O=C(C(O)c1ccccc1)N1CCC(n2cc(Cl)cn2)CC1.